The van der Waals surface area contributed by atoms with Gasteiger partial charge in [0.2, 0.25) is 0 Å². The lowest BCUT2D eigenvalue weighted by molar-refractivity contribution is 0.687. The van der Waals surface area contributed by atoms with Gasteiger partial charge in [-0.2, -0.15) is 0 Å². The second kappa shape index (κ2) is 7.52. The van der Waals surface area contributed by atoms with E-state index in [1.807, 2.05) is 0 Å². The van der Waals surface area contributed by atoms with Crippen LogP contribution in [-0.2, 0) is 0 Å². The van der Waals surface area contributed by atoms with Gasteiger partial charge in [-0.1, -0.05) is 5.11 Å². The molecule has 0 saturated heterocycles. The minimum absolute atomic E-state index is 0. The van der Waals surface area contributed by atoms with E-state index in [1.54, 1.807) is 0 Å². The molecule has 0 atom stereocenters. The summed E-state index contributed by atoms with van der Waals surface area (Å²) < 4.78 is 0. The molecular formula is C3H10ClN5. The average Bonchev–Trinajstić information content (AvgIpc) is 1.83. The molecule has 0 radical (unpaired) electrons. The van der Waals surface area contributed by atoms with Gasteiger partial charge in [-0.05, 0) is 5.53 Å². The Morgan fingerprint density at radius 3 is 2.00 bits per heavy atom. The van der Waals surface area contributed by atoms with Crippen LogP contribution in [0.3, 0.4) is 0 Å². The predicted molar refractivity (Wildman–Crippen MR) is 38.3 cm³/mol. The van der Waals surface area contributed by atoms with E-state index in [9.17, 15) is 0 Å². The van der Waals surface area contributed by atoms with Gasteiger partial charge < -0.3 is 11.5 Å². The molecule has 0 aliphatic heterocycles. The minimum atomic E-state index is -0.236. The largest absolute Gasteiger partial charge is 0.330 e. The van der Waals surface area contributed by atoms with Crippen molar-refractivity contribution in [3.05, 3.63) is 10.4 Å². The molecule has 0 fully saturated rings. The lowest BCUT2D eigenvalue weighted by atomic mass is 10.3. The standard InChI is InChI=1S/C3H9N5.ClH/c4-1-3(2-5)7-8-6;/h3H,1-2,4-5H2;1H. The normalized spacial score (nSPS) is 7.89. The van der Waals surface area contributed by atoms with E-state index in [2.05, 4.69) is 10.0 Å². The highest BCUT2D eigenvalue weighted by molar-refractivity contribution is 5.85. The Morgan fingerprint density at radius 1 is 1.44 bits per heavy atom. The maximum Gasteiger partial charge on any atom is 0.0618 e. The Balaban J connectivity index is 0. The first-order valence-corrected chi connectivity index (χ1v) is 2.29. The van der Waals surface area contributed by atoms with Crippen molar-refractivity contribution in [1.29, 1.82) is 0 Å². The topological polar surface area (TPSA) is 101 Å². The van der Waals surface area contributed by atoms with Crippen LogP contribution >= 0.6 is 12.4 Å². The van der Waals surface area contributed by atoms with Gasteiger partial charge in [0.25, 0.3) is 0 Å². The van der Waals surface area contributed by atoms with Gasteiger partial charge in [0.05, 0.1) is 6.04 Å². The first-order chi connectivity index (χ1) is 3.85. The summed E-state index contributed by atoms with van der Waals surface area (Å²) in [5.41, 5.74) is 18.1. The van der Waals surface area contributed by atoms with Crippen molar-refractivity contribution >= 4 is 12.4 Å². The molecule has 54 valence electrons. The van der Waals surface area contributed by atoms with E-state index in [0.29, 0.717) is 13.1 Å². The number of nitrogens with two attached hydrogens (primary N) is 2. The van der Waals surface area contributed by atoms with Crippen LogP contribution in [0, 0.1) is 0 Å². The third-order valence-electron chi connectivity index (χ3n) is 0.759. The summed E-state index contributed by atoms with van der Waals surface area (Å²) in [6.07, 6.45) is 0. The second-order valence-electron chi connectivity index (χ2n) is 1.33. The fourth-order valence-corrected chi connectivity index (χ4v) is 0.264. The molecule has 4 N–H and O–H groups in total. The minimum Gasteiger partial charge on any atom is -0.330 e. The summed E-state index contributed by atoms with van der Waals surface area (Å²) in [6, 6.07) is -0.236. The molecule has 0 spiro atoms. The molecule has 9 heavy (non-hydrogen) atoms. The van der Waals surface area contributed by atoms with E-state index in [1.165, 1.54) is 0 Å². The van der Waals surface area contributed by atoms with Crippen molar-refractivity contribution in [1.82, 2.24) is 0 Å². The fraction of sp³-hybridized carbons (Fsp3) is 1.00. The Kier molecular flexibility index (Phi) is 9.47. The first kappa shape index (κ1) is 11.3. The van der Waals surface area contributed by atoms with Gasteiger partial charge in [-0.15, -0.1) is 12.4 Å². The highest BCUT2D eigenvalue weighted by atomic mass is 35.5. The predicted octanol–water partition coefficient (Wildman–Crippen LogP) is 0.00450. The average molecular weight is 152 g/mol. The highest BCUT2D eigenvalue weighted by Crippen LogP contribution is 1.82. The van der Waals surface area contributed by atoms with Crippen LogP contribution in [0.2, 0.25) is 0 Å². The first-order valence-electron chi connectivity index (χ1n) is 2.29. The van der Waals surface area contributed by atoms with Crippen molar-refractivity contribution in [2.24, 2.45) is 16.6 Å². The summed E-state index contributed by atoms with van der Waals surface area (Å²) in [6.45, 7) is 0.640. The van der Waals surface area contributed by atoms with Gasteiger partial charge in [0, 0.05) is 18.0 Å². The maximum absolute atomic E-state index is 7.85. The third kappa shape index (κ3) is 5.39. The zero-order valence-corrected chi connectivity index (χ0v) is 5.71. The lowest BCUT2D eigenvalue weighted by Gasteiger charge is -1.99. The van der Waals surface area contributed by atoms with E-state index in [4.69, 9.17) is 17.0 Å². The maximum atomic E-state index is 7.85. The molecule has 0 rings (SSSR count). The van der Waals surface area contributed by atoms with E-state index in [-0.39, 0.29) is 18.4 Å². The van der Waals surface area contributed by atoms with Crippen LogP contribution in [0.25, 0.3) is 10.4 Å². The quantitative estimate of drug-likeness (QED) is 0.337. The summed E-state index contributed by atoms with van der Waals surface area (Å²) >= 11 is 0. The Morgan fingerprint density at radius 2 is 1.89 bits per heavy atom. The van der Waals surface area contributed by atoms with Crippen molar-refractivity contribution in [3.63, 3.8) is 0 Å². The number of hydrogen-bond donors (Lipinski definition) is 2. The number of azide groups is 1. The van der Waals surface area contributed by atoms with Crippen molar-refractivity contribution in [2.45, 2.75) is 6.04 Å². The fourth-order valence-electron chi connectivity index (χ4n) is 0.264. The molecule has 0 aliphatic carbocycles. The smallest absolute Gasteiger partial charge is 0.0618 e. The molecule has 0 saturated carbocycles. The van der Waals surface area contributed by atoms with Crippen LogP contribution in [-0.4, -0.2) is 19.1 Å². The Hall–Kier alpha value is -0.480. The molecule has 6 heteroatoms. The van der Waals surface area contributed by atoms with Gasteiger partial charge in [0.15, 0.2) is 0 Å². The molecule has 0 heterocycles. The van der Waals surface area contributed by atoms with Crippen LogP contribution in [0.15, 0.2) is 5.11 Å². The number of rotatable bonds is 3. The van der Waals surface area contributed by atoms with Crippen LogP contribution in [0.1, 0.15) is 0 Å². The van der Waals surface area contributed by atoms with Crippen LogP contribution < -0.4 is 11.5 Å². The molecular weight excluding hydrogens is 142 g/mol. The van der Waals surface area contributed by atoms with Gasteiger partial charge in [-0.3, -0.25) is 0 Å². The third-order valence-corrected chi connectivity index (χ3v) is 0.759. The monoisotopic (exact) mass is 151 g/mol. The van der Waals surface area contributed by atoms with Crippen LogP contribution in [0.5, 0.6) is 0 Å². The summed E-state index contributed by atoms with van der Waals surface area (Å²) in [4.78, 5) is 2.54. The zero-order valence-electron chi connectivity index (χ0n) is 4.90. The summed E-state index contributed by atoms with van der Waals surface area (Å²) in [7, 11) is 0. The highest BCUT2D eigenvalue weighted by Gasteiger charge is 1.96. The molecule has 0 amide bonds. The van der Waals surface area contributed by atoms with E-state index >= 15 is 0 Å². The van der Waals surface area contributed by atoms with Crippen LogP contribution in [0.4, 0.5) is 0 Å². The zero-order chi connectivity index (χ0) is 6.41. The van der Waals surface area contributed by atoms with Crippen molar-refractivity contribution < 1.29 is 0 Å². The Bertz CT molecular complexity index is 94.4. The number of nitrogens with zero attached hydrogens (tertiary/aromatic N) is 3. The second-order valence-corrected chi connectivity index (χ2v) is 1.33. The molecule has 0 aromatic carbocycles. The molecule has 0 unspecified atom stereocenters. The van der Waals surface area contributed by atoms with Gasteiger partial charge in [-0.25, -0.2) is 0 Å². The van der Waals surface area contributed by atoms with Gasteiger partial charge in [0.1, 0.15) is 0 Å². The summed E-state index contributed by atoms with van der Waals surface area (Å²) in [5, 5.41) is 3.29. The molecule has 0 aromatic heterocycles. The van der Waals surface area contributed by atoms with Crippen molar-refractivity contribution in [3.8, 4) is 0 Å². The molecule has 5 nitrogen and oxygen atoms in total. The summed E-state index contributed by atoms with van der Waals surface area (Å²) in [5.74, 6) is 0. The Labute approximate surface area is 59.4 Å². The van der Waals surface area contributed by atoms with Gasteiger partial charge >= 0.3 is 0 Å². The molecule has 0 aromatic rings. The molecule has 0 bridgehead atoms. The number of halogens is 1. The van der Waals surface area contributed by atoms with Crippen molar-refractivity contribution in [2.75, 3.05) is 13.1 Å². The van der Waals surface area contributed by atoms with E-state index in [0.717, 1.165) is 0 Å². The van der Waals surface area contributed by atoms with E-state index < -0.39 is 0 Å². The molecule has 0 aliphatic rings. The number of hydrogen-bond acceptors (Lipinski definition) is 3. The lowest BCUT2D eigenvalue weighted by Crippen LogP contribution is -2.26. The SMILES string of the molecule is Cl.[N-]=[N+]=NC(CN)CN.